The predicted octanol–water partition coefficient (Wildman–Crippen LogP) is 4.03. The van der Waals surface area contributed by atoms with Crippen LogP contribution in [0.25, 0.3) is 0 Å². The Morgan fingerprint density at radius 2 is 1.50 bits per heavy atom. The molecule has 4 fully saturated rings. The monoisotopic (exact) mass is 241 g/mol. The van der Waals surface area contributed by atoms with Crippen LogP contribution in [-0.4, -0.2) is 0 Å². The van der Waals surface area contributed by atoms with E-state index in [0.29, 0.717) is 5.41 Å². The van der Waals surface area contributed by atoms with E-state index in [2.05, 4.69) is 24.3 Å². The zero-order valence-corrected chi connectivity index (χ0v) is 11.1. The van der Waals surface area contributed by atoms with Gasteiger partial charge in [0.25, 0.3) is 0 Å². The van der Waals surface area contributed by atoms with Crippen LogP contribution in [-0.2, 0) is 6.42 Å². The minimum atomic E-state index is 0.615. The van der Waals surface area contributed by atoms with Crippen molar-refractivity contribution in [2.45, 2.75) is 44.9 Å². The van der Waals surface area contributed by atoms with Crippen molar-refractivity contribution in [3.05, 3.63) is 29.8 Å². The Kier molecular flexibility index (Phi) is 2.27. The maximum absolute atomic E-state index is 6.15. The molecule has 4 aliphatic carbocycles. The molecule has 0 heterocycles. The molecule has 0 aromatic heterocycles. The molecule has 0 saturated heterocycles. The van der Waals surface area contributed by atoms with Crippen molar-refractivity contribution in [2.24, 2.45) is 23.2 Å². The van der Waals surface area contributed by atoms with Crippen molar-refractivity contribution < 1.29 is 0 Å². The molecular formula is C17H23N. The molecule has 5 rings (SSSR count). The van der Waals surface area contributed by atoms with Crippen molar-refractivity contribution >= 4 is 5.69 Å². The van der Waals surface area contributed by atoms with Crippen LogP contribution in [0.3, 0.4) is 0 Å². The highest BCUT2D eigenvalue weighted by Gasteiger charge is 2.50. The second-order valence-electron chi connectivity index (χ2n) is 7.29. The number of nitrogens with two attached hydrogens (primary N) is 1. The van der Waals surface area contributed by atoms with Gasteiger partial charge in [-0.25, -0.2) is 0 Å². The molecule has 1 aromatic rings. The molecule has 1 heteroatoms. The highest BCUT2D eigenvalue weighted by atomic mass is 14.6. The number of hydrogen-bond acceptors (Lipinski definition) is 1. The van der Waals surface area contributed by atoms with Crippen LogP contribution in [0.5, 0.6) is 0 Å². The number of anilines is 1. The van der Waals surface area contributed by atoms with Crippen LogP contribution >= 0.6 is 0 Å². The van der Waals surface area contributed by atoms with E-state index in [0.717, 1.165) is 23.4 Å². The van der Waals surface area contributed by atoms with Crippen molar-refractivity contribution in [2.75, 3.05) is 5.73 Å². The molecule has 1 nitrogen and oxygen atoms in total. The van der Waals surface area contributed by atoms with E-state index in [1.165, 1.54) is 50.5 Å². The third-order valence-corrected chi connectivity index (χ3v) is 5.79. The summed E-state index contributed by atoms with van der Waals surface area (Å²) < 4.78 is 0. The number of para-hydroxylation sites is 1. The van der Waals surface area contributed by atoms with E-state index in [1.807, 2.05) is 0 Å². The molecule has 0 spiro atoms. The van der Waals surface area contributed by atoms with Gasteiger partial charge in [0.1, 0.15) is 0 Å². The molecule has 2 N–H and O–H groups in total. The molecule has 0 unspecified atom stereocenters. The normalized spacial score (nSPS) is 41.2. The fourth-order valence-corrected chi connectivity index (χ4v) is 5.61. The van der Waals surface area contributed by atoms with Crippen molar-refractivity contribution in [3.8, 4) is 0 Å². The van der Waals surface area contributed by atoms with E-state index in [-0.39, 0.29) is 0 Å². The van der Waals surface area contributed by atoms with Gasteiger partial charge in [-0.2, -0.15) is 0 Å². The lowest BCUT2D eigenvalue weighted by molar-refractivity contribution is -0.0521. The highest BCUT2D eigenvalue weighted by molar-refractivity contribution is 5.47. The molecule has 4 aliphatic rings. The lowest BCUT2D eigenvalue weighted by Crippen LogP contribution is -2.47. The van der Waals surface area contributed by atoms with Gasteiger partial charge in [-0.3, -0.25) is 0 Å². The summed E-state index contributed by atoms with van der Waals surface area (Å²) in [5.41, 5.74) is 9.18. The van der Waals surface area contributed by atoms with Crippen molar-refractivity contribution in [1.82, 2.24) is 0 Å². The summed E-state index contributed by atoms with van der Waals surface area (Å²) in [6, 6.07) is 8.51. The van der Waals surface area contributed by atoms with Gasteiger partial charge in [-0.05, 0) is 79.7 Å². The minimum Gasteiger partial charge on any atom is -0.399 e. The summed E-state index contributed by atoms with van der Waals surface area (Å²) in [4.78, 5) is 0. The summed E-state index contributed by atoms with van der Waals surface area (Å²) in [6.45, 7) is 0. The first kappa shape index (κ1) is 10.9. The zero-order chi connectivity index (χ0) is 12.2. The standard InChI is InChI=1S/C17H23N/c18-16-4-2-1-3-15(16)11-17-8-12-5-13(9-17)7-14(6-12)10-17/h1-4,12-14H,5-11,18H2. The Morgan fingerprint density at radius 3 is 2.06 bits per heavy atom. The largest absolute Gasteiger partial charge is 0.399 e. The molecule has 0 aliphatic heterocycles. The first-order valence-electron chi connectivity index (χ1n) is 7.56. The fourth-order valence-electron chi connectivity index (χ4n) is 5.61. The van der Waals surface area contributed by atoms with Gasteiger partial charge in [0, 0.05) is 5.69 Å². The molecule has 0 radical (unpaired) electrons. The zero-order valence-electron chi connectivity index (χ0n) is 11.1. The van der Waals surface area contributed by atoms with Crippen LogP contribution in [0.15, 0.2) is 24.3 Å². The maximum Gasteiger partial charge on any atom is 0.0346 e. The van der Waals surface area contributed by atoms with Crippen LogP contribution in [0.4, 0.5) is 5.69 Å². The maximum atomic E-state index is 6.15. The van der Waals surface area contributed by atoms with Gasteiger partial charge in [-0.15, -0.1) is 0 Å². The smallest absolute Gasteiger partial charge is 0.0346 e. The Hall–Kier alpha value is -0.980. The third-order valence-electron chi connectivity index (χ3n) is 5.79. The predicted molar refractivity (Wildman–Crippen MR) is 75.2 cm³/mol. The van der Waals surface area contributed by atoms with Gasteiger partial charge in [-0.1, -0.05) is 18.2 Å². The van der Waals surface area contributed by atoms with Crippen LogP contribution in [0, 0.1) is 23.2 Å². The summed E-state index contributed by atoms with van der Waals surface area (Å²) >= 11 is 0. The lowest BCUT2D eigenvalue weighted by Gasteiger charge is -2.57. The summed E-state index contributed by atoms with van der Waals surface area (Å²) in [6.07, 6.45) is 10.3. The van der Waals surface area contributed by atoms with E-state index in [4.69, 9.17) is 5.73 Å². The Bertz CT molecular complexity index is 427. The summed E-state index contributed by atoms with van der Waals surface area (Å²) in [7, 11) is 0. The topological polar surface area (TPSA) is 26.0 Å². The summed E-state index contributed by atoms with van der Waals surface area (Å²) in [5, 5.41) is 0. The SMILES string of the molecule is Nc1ccccc1CC12CC3CC(CC(C3)C1)C2. The Balaban J connectivity index is 1.63. The van der Waals surface area contributed by atoms with Gasteiger partial charge >= 0.3 is 0 Å². The van der Waals surface area contributed by atoms with E-state index < -0.39 is 0 Å². The lowest BCUT2D eigenvalue weighted by atomic mass is 9.48. The second kappa shape index (κ2) is 3.76. The van der Waals surface area contributed by atoms with Gasteiger partial charge in [0.2, 0.25) is 0 Å². The van der Waals surface area contributed by atoms with Crippen LogP contribution in [0.1, 0.15) is 44.1 Å². The number of nitrogen functional groups attached to an aromatic ring is 1. The molecule has 4 bridgehead atoms. The number of benzene rings is 1. The fraction of sp³-hybridized carbons (Fsp3) is 0.647. The number of hydrogen-bond donors (Lipinski definition) is 1. The molecule has 0 atom stereocenters. The Labute approximate surface area is 110 Å². The Morgan fingerprint density at radius 1 is 0.944 bits per heavy atom. The third kappa shape index (κ3) is 1.67. The van der Waals surface area contributed by atoms with Gasteiger partial charge in [0.05, 0.1) is 0 Å². The van der Waals surface area contributed by atoms with E-state index in [1.54, 1.807) is 0 Å². The second-order valence-corrected chi connectivity index (χ2v) is 7.29. The van der Waals surface area contributed by atoms with Gasteiger partial charge < -0.3 is 5.73 Å². The summed E-state index contributed by atoms with van der Waals surface area (Å²) in [5.74, 6) is 3.13. The molecule has 18 heavy (non-hydrogen) atoms. The van der Waals surface area contributed by atoms with Crippen molar-refractivity contribution in [1.29, 1.82) is 0 Å². The first-order valence-corrected chi connectivity index (χ1v) is 7.56. The molecular weight excluding hydrogens is 218 g/mol. The van der Waals surface area contributed by atoms with Crippen LogP contribution < -0.4 is 5.73 Å². The quantitative estimate of drug-likeness (QED) is 0.777. The van der Waals surface area contributed by atoms with Crippen LogP contribution in [0.2, 0.25) is 0 Å². The average Bonchev–Trinajstić information content (AvgIpc) is 2.30. The van der Waals surface area contributed by atoms with Gasteiger partial charge in [0.15, 0.2) is 0 Å². The number of rotatable bonds is 2. The molecule has 4 saturated carbocycles. The molecule has 0 amide bonds. The van der Waals surface area contributed by atoms with E-state index >= 15 is 0 Å². The average molecular weight is 241 g/mol. The van der Waals surface area contributed by atoms with Crippen molar-refractivity contribution in [3.63, 3.8) is 0 Å². The molecule has 96 valence electrons. The highest BCUT2D eigenvalue weighted by Crippen LogP contribution is 2.61. The molecule has 1 aromatic carbocycles. The minimum absolute atomic E-state index is 0.615. The first-order chi connectivity index (χ1) is 8.72. The van der Waals surface area contributed by atoms with E-state index in [9.17, 15) is 0 Å².